The molecule has 0 bridgehead atoms. The van der Waals surface area contributed by atoms with E-state index in [4.69, 9.17) is 4.74 Å². The second-order valence-corrected chi connectivity index (χ2v) is 8.22. The summed E-state index contributed by atoms with van der Waals surface area (Å²) in [4.78, 5) is 9.68. The van der Waals surface area contributed by atoms with Gasteiger partial charge < -0.3 is 4.74 Å². The van der Waals surface area contributed by atoms with Gasteiger partial charge in [0.25, 0.3) is 0 Å². The third-order valence-electron chi connectivity index (χ3n) is 6.51. The van der Waals surface area contributed by atoms with Crippen molar-refractivity contribution in [2.45, 2.75) is 38.8 Å². The minimum atomic E-state index is 0.580. The highest BCUT2D eigenvalue weighted by molar-refractivity contribution is 5.27. The Hall–Kier alpha value is -1.91. The van der Waals surface area contributed by atoms with Gasteiger partial charge in [0.05, 0.1) is 12.8 Å². The van der Waals surface area contributed by atoms with E-state index >= 15 is 0 Å². The molecular weight excluding hydrogens is 334 g/mol. The first kappa shape index (κ1) is 18.5. The molecule has 4 nitrogen and oxygen atoms in total. The van der Waals surface area contributed by atoms with Crippen LogP contribution in [0.5, 0.6) is 5.75 Å². The molecule has 2 aromatic rings. The van der Waals surface area contributed by atoms with E-state index in [1.54, 1.807) is 7.11 Å². The number of piperidine rings is 2. The molecule has 27 heavy (non-hydrogen) atoms. The Morgan fingerprint density at radius 1 is 0.852 bits per heavy atom. The minimum absolute atomic E-state index is 0.580. The summed E-state index contributed by atoms with van der Waals surface area (Å²) in [6.07, 6.45) is 7.28. The van der Waals surface area contributed by atoms with E-state index in [-0.39, 0.29) is 0 Å². The normalized spacial score (nSPS) is 20.6. The number of ether oxygens (including phenoxy) is 1. The monoisotopic (exact) mass is 365 g/mol. The lowest BCUT2D eigenvalue weighted by Gasteiger charge is -2.47. The van der Waals surface area contributed by atoms with Crippen LogP contribution in [0.25, 0.3) is 0 Å². The van der Waals surface area contributed by atoms with Gasteiger partial charge in [-0.15, -0.1) is 0 Å². The fourth-order valence-corrected chi connectivity index (χ4v) is 4.58. The fraction of sp³-hybridized carbons (Fsp3) is 0.522. The van der Waals surface area contributed by atoms with E-state index in [0.29, 0.717) is 5.41 Å². The fourth-order valence-electron chi connectivity index (χ4n) is 4.58. The van der Waals surface area contributed by atoms with Crippen molar-refractivity contribution in [3.8, 4) is 5.75 Å². The zero-order chi connectivity index (χ0) is 18.5. The maximum atomic E-state index is 5.26. The first-order valence-corrected chi connectivity index (χ1v) is 10.2. The maximum absolute atomic E-state index is 5.26. The highest BCUT2D eigenvalue weighted by Crippen LogP contribution is 2.41. The molecule has 0 N–H and O–H groups in total. The van der Waals surface area contributed by atoms with Crippen molar-refractivity contribution in [3.05, 3.63) is 59.9 Å². The van der Waals surface area contributed by atoms with Gasteiger partial charge in [-0.25, -0.2) is 0 Å². The van der Waals surface area contributed by atoms with Crippen molar-refractivity contribution in [3.63, 3.8) is 0 Å². The first-order chi connectivity index (χ1) is 13.2. The molecule has 4 rings (SSSR count). The molecule has 0 saturated carbocycles. The van der Waals surface area contributed by atoms with Crippen molar-refractivity contribution >= 4 is 0 Å². The number of hydrogen-bond donors (Lipinski definition) is 0. The molecule has 1 aromatic heterocycles. The third-order valence-corrected chi connectivity index (χ3v) is 6.51. The third kappa shape index (κ3) is 4.69. The second kappa shape index (κ2) is 8.41. The lowest BCUT2D eigenvalue weighted by molar-refractivity contribution is 0.0296. The molecule has 0 atom stereocenters. The van der Waals surface area contributed by atoms with E-state index in [1.165, 1.54) is 63.1 Å². The Morgan fingerprint density at radius 3 is 2.04 bits per heavy atom. The summed E-state index contributed by atoms with van der Waals surface area (Å²) in [5.74, 6) is 0.939. The van der Waals surface area contributed by atoms with Gasteiger partial charge in [0.2, 0.25) is 0 Å². The van der Waals surface area contributed by atoms with Gasteiger partial charge in [-0.3, -0.25) is 14.8 Å². The average Bonchev–Trinajstić information content (AvgIpc) is 2.73. The predicted molar refractivity (Wildman–Crippen MR) is 109 cm³/mol. The number of hydrogen-bond acceptors (Lipinski definition) is 4. The van der Waals surface area contributed by atoms with Crippen LogP contribution < -0.4 is 4.74 Å². The minimum Gasteiger partial charge on any atom is -0.497 e. The predicted octanol–water partition coefficient (Wildman–Crippen LogP) is 3.97. The second-order valence-electron chi connectivity index (χ2n) is 8.22. The van der Waals surface area contributed by atoms with Crippen LogP contribution in [0.3, 0.4) is 0 Å². The van der Waals surface area contributed by atoms with Crippen LogP contribution in [-0.2, 0) is 13.1 Å². The van der Waals surface area contributed by atoms with Crippen LogP contribution in [-0.4, -0.2) is 48.1 Å². The summed E-state index contributed by atoms with van der Waals surface area (Å²) in [6.45, 7) is 6.95. The molecule has 1 spiro atoms. The molecule has 1 aromatic carbocycles. The van der Waals surface area contributed by atoms with Crippen molar-refractivity contribution in [2.75, 3.05) is 33.3 Å². The van der Waals surface area contributed by atoms with E-state index in [9.17, 15) is 0 Å². The molecule has 4 heteroatoms. The summed E-state index contributed by atoms with van der Waals surface area (Å²) < 4.78 is 5.26. The molecule has 3 heterocycles. The Kier molecular flexibility index (Phi) is 5.74. The lowest BCUT2D eigenvalue weighted by atomic mass is 9.71. The van der Waals surface area contributed by atoms with E-state index < -0.39 is 0 Å². The van der Waals surface area contributed by atoms with Gasteiger partial charge >= 0.3 is 0 Å². The summed E-state index contributed by atoms with van der Waals surface area (Å²) in [5.41, 5.74) is 3.16. The average molecular weight is 366 g/mol. The molecule has 2 saturated heterocycles. The van der Waals surface area contributed by atoms with Crippen LogP contribution in [0.1, 0.15) is 36.9 Å². The molecular formula is C23H31N3O. The number of rotatable bonds is 5. The van der Waals surface area contributed by atoms with Gasteiger partial charge in [-0.2, -0.15) is 0 Å². The molecule has 2 fully saturated rings. The van der Waals surface area contributed by atoms with Gasteiger partial charge in [0.1, 0.15) is 5.75 Å². The van der Waals surface area contributed by atoms with Gasteiger partial charge in [0.15, 0.2) is 0 Å². The summed E-state index contributed by atoms with van der Waals surface area (Å²) in [5, 5.41) is 0. The highest BCUT2D eigenvalue weighted by atomic mass is 16.5. The van der Waals surface area contributed by atoms with Crippen LogP contribution in [0.2, 0.25) is 0 Å². The Labute approximate surface area is 163 Å². The van der Waals surface area contributed by atoms with Crippen molar-refractivity contribution in [1.29, 1.82) is 0 Å². The first-order valence-electron chi connectivity index (χ1n) is 10.2. The number of methoxy groups -OCH3 is 1. The SMILES string of the molecule is COc1ccc(CN2CCC3(CC2)CCN(Cc2ccccn2)CC3)cc1. The van der Waals surface area contributed by atoms with E-state index in [0.717, 1.165) is 18.8 Å². The van der Waals surface area contributed by atoms with E-state index in [1.807, 2.05) is 12.3 Å². The molecule has 2 aliphatic rings. The van der Waals surface area contributed by atoms with E-state index in [2.05, 4.69) is 51.2 Å². The molecule has 144 valence electrons. The summed E-state index contributed by atoms with van der Waals surface area (Å²) in [6, 6.07) is 14.7. The molecule has 0 amide bonds. The topological polar surface area (TPSA) is 28.6 Å². The number of nitrogens with zero attached hydrogens (tertiary/aromatic N) is 3. The molecule has 2 aliphatic heterocycles. The van der Waals surface area contributed by atoms with Crippen molar-refractivity contribution < 1.29 is 4.74 Å². The number of aromatic nitrogens is 1. The van der Waals surface area contributed by atoms with Crippen LogP contribution in [0.4, 0.5) is 0 Å². The summed E-state index contributed by atoms with van der Waals surface area (Å²) >= 11 is 0. The highest BCUT2D eigenvalue weighted by Gasteiger charge is 2.37. The lowest BCUT2D eigenvalue weighted by Crippen LogP contribution is -2.46. The molecule has 0 unspecified atom stereocenters. The smallest absolute Gasteiger partial charge is 0.118 e. The standard InChI is InChI=1S/C23H31N3O/c1-27-22-7-5-20(6-8-22)18-25-14-9-23(10-15-25)11-16-26(17-12-23)19-21-4-2-3-13-24-21/h2-8,13H,9-12,14-19H2,1H3. The van der Waals surface area contributed by atoms with Crippen LogP contribution in [0.15, 0.2) is 48.7 Å². The summed E-state index contributed by atoms with van der Waals surface area (Å²) in [7, 11) is 1.72. The number of benzene rings is 1. The Bertz CT molecular complexity index is 698. The van der Waals surface area contributed by atoms with Crippen molar-refractivity contribution in [1.82, 2.24) is 14.8 Å². The number of likely N-dealkylation sites (tertiary alicyclic amines) is 2. The zero-order valence-corrected chi connectivity index (χ0v) is 16.4. The van der Waals surface area contributed by atoms with Gasteiger partial charge in [-0.05, 0) is 87.1 Å². The number of pyridine rings is 1. The maximum Gasteiger partial charge on any atom is 0.118 e. The van der Waals surface area contributed by atoms with Crippen LogP contribution in [0, 0.1) is 5.41 Å². The Morgan fingerprint density at radius 2 is 1.48 bits per heavy atom. The quantitative estimate of drug-likeness (QED) is 0.802. The zero-order valence-electron chi connectivity index (χ0n) is 16.4. The molecule has 0 radical (unpaired) electrons. The molecule has 0 aliphatic carbocycles. The Balaban J connectivity index is 1.24. The van der Waals surface area contributed by atoms with Gasteiger partial charge in [-0.1, -0.05) is 18.2 Å². The largest absolute Gasteiger partial charge is 0.497 e. The van der Waals surface area contributed by atoms with Gasteiger partial charge in [0, 0.05) is 19.3 Å². The van der Waals surface area contributed by atoms with Crippen LogP contribution >= 0.6 is 0 Å². The van der Waals surface area contributed by atoms with Crippen molar-refractivity contribution in [2.24, 2.45) is 5.41 Å².